The Labute approximate surface area is 126 Å². The molecule has 0 unspecified atom stereocenters. The van der Waals surface area contributed by atoms with Gasteiger partial charge in [-0.2, -0.15) is 0 Å². The summed E-state index contributed by atoms with van der Waals surface area (Å²) in [4.78, 5) is 14.8. The number of alkyl halides is 1. The Balaban J connectivity index is 2.14. The summed E-state index contributed by atoms with van der Waals surface area (Å²) in [6.45, 7) is 1.66. The molecule has 0 radical (unpaired) electrons. The molecule has 1 amide bonds. The standard InChI is InChI=1S/C12H12Br3NO/c13-8-3-5-16(6-4-8)12(17)10-2-1-9(14)7-11(10)15/h1-2,7-8H,3-6H2. The average molecular weight is 426 g/mol. The van der Waals surface area contributed by atoms with Crippen molar-refractivity contribution in [1.82, 2.24) is 4.90 Å². The van der Waals surface area contributed by atoms with Crippen LogP contribution in [-0.4, -0.2) is 28.7 Å². The predicted octanol–water partition coefficient (Wildman–Crippen LogP) is 4.21. The van der Waals surface area contributed by atoms with Crippen LogP contribution >= 0.6 is 47.8 Å². The maximum Gasteiger partial charge on any atom is 0.254 e. The van der Waals surface area contributed by atoms with Gasteiger partial charge in [-0.3, -0.25) is 4.79 Å². The molecule has 2 rings (SSSR count). The molecule has 0 saturated carbocycles. The third kappa shape index (κ3) is 3.32. The first-order valence-corrected chi connectivity index (χ1v) is 7.96. The molecule has 5 heteroatoms. The predicted molar refractivity (Wildman–Crippen MR) is 79.7 cm³/mol. The van der Waals surface area contributed by atoms with Gasteiger partial charge in [0.25, 0.3) is 5.91 Å². The lowest BCUT2D eigenvalue weighted by atomic mass is 10.1. The number of hydrogen-bond donors (Lipinski definition) is 0. The molecule has 2 nitrogen and oxygen atoms in total. The Hall–Kier alpha value is 0.130. The van der Waals surface area contributed by atoms with Gasteiger partial charge < -0.3 is 4.90 Å². The van der Waals surface area contributed by atoms with E-state index in [-0.39, 0.29) is 5.91 Å². The number of likely N-dealkylation sites (tertiary alicyclic amines) is 1. The highest BCUT2D eigenvalue weighted by Crippen LogP contribution is 2.25. The van der Waals surface area contributed by atoms with Crippen LogP contribution < -0.4 is 0 Å². The average Bonchev–Trinajstić information content (AvgIpc) is 2.29. The van der Waals surface area contributed by atoms with Crippen molar-refractivity contribution in [3.63, 3.8) is 0 Å². The number of carbonyl (C=O) groups is 1. The second-order valence-corrected chi connectivity index (χ2v) is 7.16. The van der Waals surface area contributed by atoms with E-state index in [4.69, 9.17) is 0 Å². The zero-order chi connectivity index (χ0) is 12.4. The van der Waals surface area contributed by atoms with Gasteiger partial charge in [0, 0.05) is 26.9 Å². The summed E-state index contributed by atoms with van der Waals surface area (Å²) in [7, 11) is 0. The van der Waals surface area contributed by atoms with Crippen LogP contribution in [0.5, 0.6) is 0 Å². The van der Waals surface area contributed by atoms with Gasteiger partial charge in [-0.25, -0.2) is 0 Å². The molecule has 0 bridgehead atoms. The number of amides is 1. The Morgan fingerprint density at radius 2 is 1.88 bits per heavy atom. The van der Waals surface area contributed by atoms with Gasteiger partial charge in [-0.15, -0.1) is 0 Å². The van der Waals surface area contributed by atoms with Crippen LogP contribution in [-0.2, 0) is 0 Å². The number of halogens is 3. The second kappa shape index (κ2) is 5.85. The summed E-state index contributed by atoms with van der Waals surface area (Å²) in [5.74, 6) is 0.115. The monoisotopic (exact) mass is 423 g/mol. The first kappa shape index (κ1) is 13.6. The zero-order valence-corrected chi connectivity index (χ0v) is 13.9. The lowest BCUT2D eigenvalue weighted by Crippen LogP contribution is -2.38. The number of hydrogen-bond acceptors (Lipinski definition) is 1. The van der Waals surface area contributed by atoms with Gasteiger partial charge in [-0.1, -0.05) is 31.9 Å². The lowest BCUT2D eigenvalue weighted by molar-refractivity contribution is 0.0727. The molecular formula is C12H12Br3NO. The van der Waals surface area contributed by atoms with Crippen molar-refractivity contribution in [2.45, 2.75) is 17.7 Å². The van der Waals surface area contributed by atoms with Gasteiger partial charge in [0.05, 0.1) is 5.56 Å². The quantitative estimate of drug-likeness (QED) is 0.617. The van der Waals surface area contributed by atoms with Crippen molar-refractivity contribution in [1.29, 1.82) is 0 Å². The number of carbonyl (C=O) groups excluding carboxylic acids is 1. The van der Waals surface area contributed by atoms with Crippen LogP contribution in [0.2, 0.25) is 0 Å². The zero-order valence-electron chi connectivity index (χ0n) is 9.13. The van der Waals surface area contributed by atoms with E-state index in [1.165, 1.54) is 0 Å². The van der Waals surface area contributed by atoms with Crippen molar-refractivity contribution in [3.05, 3.63) is 32.7 Å². The Morgan fingerprint density at radius 3 is 2.47 bits per heavy atom. The molecule has 17 heavy (non-hydrogen) atoms. The normalized spacial score (nSPS) is 17.2. The summed E-state index contributed by atoms with van der Waals surface area (Å²) in [5.41, 5.74) is 0.737. The van der Waals surface area contributed by atoms with E-state index in [9.17, 15) is 4.79 Å². The smallest absolute Gasteiger partial charge is 0.254 e. The third-order valence-electron chi connectivity index (χ3n) is 2.87. The molecule has 0 N–H and O–H groups in total. The van der Waals surface area contributed by atoms with Crippen molar-refractivity contribution >= 4 is 53.7 Å². The van der Waals surface area contributed by atoms with Gasteiger partial charge in [0.1, 0.15) is 0 Å². The summed E-state index contributed by atoms with van der Waals surface area (Å²) in [5, 5.41) is 0. The third-order valence-corrected chi connectivity index (χ3v) is 4.94. The van der Waals surface area contributed by atoms with E-state index in [0.29, 0.717) is 4.83 Å². The second-order valence-electron chi connectivity index (χ2n) is 4.09. The SMILES string of the molecule is O=C(c1ccc(Br)cc1Br)N1CCC(Br)CC1. The van der Waals surface area contributed by atoms with E-state index in [1.807, 2.05) is 23.1 Å². The van der Waals surface area contributed by atoms with Gasteiger partial charge in [0.2, 0.25) is 0 Å². The molecule has 92 valence electrons. The minimum atomic E-state index is 0.115. The van der Waals surface area contributed by atoms with E-state index in [0.717, 1.165) is 40.4 Å². The maximum absolute atomic E-state index is 12.3. The summed E-state index contributed by atoms with van der Waals surface area (Å²) in [6.07, 6.45) is 2.06. The van der Waals surface area contributed by atoms with Crippen LogP contribution in [0.3, 0.4) is 0 Å². The number of piperidine rings is 1. The van der Waals surface area contributed by atoms with Crippen LogP contribution in [0, 0.1) is 0 Å². The molecule has 1 aromatic rings. The van der Waals surface area contributed by atoms with E-state index < -0.39 is 0 Å². The molecule has 1 fully saturated rings. The molecule has 1 aliphatic heterocycles. The molecular weight excluding hydrogens is 414 g/mol. The highest BCUT2D eigenvalue weighted by molar-refractivity contribution is 9.11. The highest BCUT2D eigenvalue weighted by atomic mass is 79.9. The van der Waals surface area contributed by atoms with Crippen LogP contribution in [0.4, 0.5) is 0 Å². The van der Waals surface area contributed by atoms with Gasteiger partial charge >= 0.3 is 0 Å². The number of rotatable bonds is 1. The molecule has 1 aromatic carbocycles. The van der Waals surface area contributed by atoms with Crippen molar-refractivity contribution in [2.24, 2.45) is 0 Å². The van der Waals surface area contributed by atoms with Crippen molar-refractivity contribution in [3.8, 4) is 0 Å². The summed E-state index contributed by atoms with van der Waals surface area (Å²) < 4.78 is 1.82. The first-order chi connectivity index (χ1) is 8.08. The highest BCUT2D eigenvalue weighted by Gasteiger charge is 2.23. The number of nitrogens with zero attached hydrogens (tertiary/aromatic N) is 1. The van der Waals surface area contributed by atoms with Crippen LogP contribution in [0.25, 0.3) is 0 Å². The van der Waals surface area contributed by atoms with E-state index >= 15 is 0 Å². The fraction of sp³-hybridized carbons (Fsp3) is 0.417. The fourth-order valence-corrected chi connectivity index (χ4v) is 3.51. The van der Waals surface area contributed by atoms with Crippen molar-refractivity contribution < 1.29 is 4.79 Å². The van der Waals surface area contributed by atoms with E-state index in [2.05, 4.69) is 47.8 Å². The molecule has 1 heterocycles. The minimum absolute atomic E-state index is 0.115. The minimum Gasteiger partial charge on any atom is -0.339 e. The largest absolute Gasteiger partial charge is 0.339 e. The first-order valence-electron chi connectivity index (χ1n) is 5.46. The summed E-state index contributed by atoms with van der Waals surface area (Å²) in [6, 6.07) is 5.66. The Kier molecular flexibility index (Phi) is 4.66. The van der Waals surface area contributed by atoms with Gasteiger partial charge in [-0.05, 0) is 47.0 Å². The molecule has 0 spiro atoms. The Bertz CT molecular complexity index is 428. The number of benzene rings is 1. The summed E-state index contributed by atoms with van der Waals surface area (Å²) >= 11 is 10.4. The van der Waals surface area contributed by atoms with E-state index in [1.54, 1.807) is 0 Å². The molecule has 1 aliphatic rings. The van der Waals surface area contributed by atoms with Crippen LogP contribution in [0.15, 0.2) is 27.1 Å². The van der Waals surface area contributed by atoms with Crippen molar-refractivity contribution in [2.75, 3.05) is 13.1 Å². The maximum atomic E-state index is 12.3. The lowest BCUT2D eigenvalue weighted by Gasteiger charge is -2.29. The molecule has 1 saturated heterocycles. The van der Waals surface area contributed by atoms with Gasteiger partial charge in [0.15, 0.2) is 0 Å². The van der Waals surface area contributed by atoms with Crippen LogP contribution in [0.1, 0.15) is 23.2 Å². The molecule has 0 aliphatic carbocycles. The molecule has 0 aromatic heterocycles. The Morgan fingerprint density at radius 1 is 1.24 bits per heavy atom. The molecule has 0 atom stereocenters. The topological polar surface area (TPSA) is 20.3 Å². The fourth-order valence-electron chi connectivity index (χ4n) is 1.88.